The van der Waals surface area contributed by atoms with Crippen molar-refractivity contribution in [2.75, 3.05) is 5.75 Å². The molecule has 2 unspecified atom stereocenters. The Hall–Kier alpha value is -2.80. The molecule has 2 aromatic carbocycles. The normalized spacial score (nSPS) is 16.7. The number of fused-ring (bicyclic) bond motifs is 2. The molecule has 31 heavy (non-hydrogen) atoms. The molecule has 162 valence electrons. The van der Waals surface area contributed by atoms with Crippen molar-refractivity contribution in [3.63, 3.8) is 0 Å². The summed E-state index contributed by atoms with van der Waals surface area (Å²) in [5.41, 5.74) is 2.75. The van der Waals surface area contributed by atoms with Crippen molar-refractivity contribution in [3.8, 4) is 0 Å². The third-order valence-corrected chi connectivity index (χ3v) is 6.71. The number of hydrogen-bond donors (Lipinski definition) is 3. The highest BCUT2D eigenvalue weighted by atomic mass is 32.2. The molecule has 0 saturated carbocycles. The molecule has 2 atom stereocenters. The minimum atomic E-state index is -0.722. The van der Waals surface area contributed by atoms with E-state index < -0.39 is 6.04 Å². The number of para-hydroxylation sites is 1. The fourth-order valence-corrected chi connectivity index (χ4v) is 4.96. The van der Waals surface area contributed by atoms with Crippen LogP contribution in [0.3, 0.4) is 0 Å². The number of amides is 2. The van der Waals surface area contributed by atoms with E-state index >= 15 is 0 Å². The van der Waals surface area contributed by atoms with Gasteiger partial charge in [0.1, 0.15) is 11.9 Å². The molecular formula is C24H26FN3O2S. The van der Waals surface area contributed by atoms with Gasteiger partial charge in [0.25, 0.3) is 0 Å². The van der Waals surface area contributed by atoms with Gasteiger partial charge in [0.15, 0.2) is 0 Å². The smallest absolute Gasteiger partial charge is 0.243 e. The molecule has 7 heteroatoms. The van der Waals surface area contributed by atoms with Crippen molar-refractivity contribution >= 4 is 34.5 Å². The summed E-state index contributed by atoms with van der Waals surface area (Å²) in [5.74, 6) is -0.144. The first-order chi connectivity index (χ1) is 14.9. The zero-order valence-corrected chi connectivity index (χ0v) is 18.4. The summed E-state index contributed by atoms with van der Waals surface area (Å²) in [5, 5.41) is 6.99. The molecule has 0 bridgehead atoms. The first kappa shape index (κ1) is 21.4. The van der Waals surface area contributed by atoms with Gasteiger partial charge in [-0.25, -0.2) is 4.39 Å². The number of carbonyl (C=O) groups is 2. The zero-order chi connectivity index (χ0) is 22.0. The van der Waals surface area contributed by atoms with E-state index in [1.54, 1.807) is 31.7 Å². The average molecular weight is 440 g/mol. The van der Waals surface area contributed by atoms with Gasteiger partial charge in [-0.2, -0.15) is 0 Å². The van der Waals surface area contributed by atoms with E-state index in [2.05, 4.69) is 15.6 Å². The second-order valence-corrected chi connectivity index (χ2v) is 9.30. The van der Waals surface area contributed by atoms with Crippen LogP contribution >= 0.6 is 11.8 Å². The molecule has 5 nitrogen and oxygen atoms in total. The van der Waals surface area contributed by atoms with Crippen LogP contribution in [0.25, 0.3) is 10.9 Å². The molecule has 0 spiro atoms. The fourth-order valence-electron chi connectivity index (χ4n) is 3.86. The number of aromatic nitrogens is 1. The average Bonchev–Trinajstić information content (AvgIpc) is 3.16. The summed E-state index contributed by atoms with van der Waals surface area (Å²) in [4.78, 5) is 29.9. The van der Waals surface area contributed by atoms with Crippen molar-refractivity contribution in [2.24, 2.45) is 5.92 Å². The maximum absolute atomic E-state index is 13.8. The maximum Gasteiger partial charge on any atom is 0.243 e. The Morgan fingerprint density at radius 1 is 1.19 bits per heavy atom. The standard InChI is InChI=1S/C24H26FN3O2S/c1-14(2)23(29)28-21(11-15-13-26-19-6-4-3-5-17(15)19)24(30)27-20-9-10-31-22-8-7-16(25)12-18(20)22/h3-8,12-14,20-21,26H,9-11H2,1-2H3,(H,27,30)(H,28,29). The second kappa shape index (κ2) is 9.14. The highest BCUT2D eigenvalue weighted by molar-refractivity contribution is 7.99. The van der Waals surface area contributed by atoms with Crippen LogP contribution in [0.2, 0.25) is 0 Å². The number of aromatic amines is 1. The van der Waals surface area contributed by atoms with E-state index in [9.17, 15) is 14.0 Å². The zero-order valence-electron chi connectivity index (χ0n) is 17.6. The summed E-state index contributed by atoms with van der Waals surface area (Å²) < 4.78 is 13.8. The Balaban J connectivity index is 1.57. The molecule has 1 aliphatic heterocycles. The van der Waals surface area contributed by atoms with Crippen LogP contribution < -0.4 is 10.6 Å². The van der Waals surface area contributed by atoms with E-state index in [-0.39, 0.29) is 29.6 Å². The number of benzene rings is 2. The minimum absolute atomic E-state index is 0.175. The number of rotatable bonds is 6. The summed E-state index contributed by atoms with van der Waals surface area (Å²) >= 11 is 1.66. The molecule has 3 aromatic rings. The Morgan fingerprint density at radius 3 is 2.81 bits per heavy atom. The van der Waals surface area contributed by atoms with Crippen LogP contribution in [-0.2, 0) is 16.0 Å². The lowest BCUT2D eigenvalue weighted by Crippen LogP contribution is -2.50. The van der Waals surface area contributed by atoms with Gasteiger partial charge in [-0.05, 0) is 41.8 Å². The highest BCUT2D eigenvalue weighted by Gasteiger charge is 2.28. The van der Waals surface area contributed by atoms with E-state index in [0.29, 0.717) is 12.8 Å². The van der Waals surface area contributed by atoms with Crippen LogP contribution in [0, 0.1) is 11.7 Å². The molecular weight excluding hydrogens is 413 g/mol. The summed E-state index contributed by atoms with van der Waals surface area (Å²) in [6.07, 6.45) is 2.96. The van der Waals surface area contributed by atoms with Crippen LogP contribution in [0.1, 0.15) is 37.4 Å². The molecule has 0 aliphatic carbocycles. The largest absolute Gasteiger partial charge is 0.361 e. The number of halogens is 1. The summed E-state index contributed by atoms with van der Waals surface area (Å²) in [6, 6.07) is 11.6. The quantitative estimate of drug-likeness (QED) is 0.535. The second-order valence-electron chi connectivity index (χ2n) is 8.16. The Kier molecular flexibility index (Phi) is 6.32. The van der Waals surface area contributed by atoms with Crippen LogP contribution in [-0.4, -0.2) is 28.6 Å². The minimum Gasteiger partial charge on any atom is -0.361 e. The highest BCUT2D eigenvalue weighted by Crippen LogP contribution is 2.36. The molecule has 1 aromatic heterocycles. The number of thioether (sulfide) groups is 1. The van der Waals surface area contributed by atoms with Crippen molar-refractivity contribution in [2.45, 2.75) is 43.7 Å². The monoisotopic (exact) mass is 439 g/mol. The van der Waals surface area contributed by atoms with E-state index in [0.717, 1.165) is 32.7 Å². The molecule has 3 N–H and O–H groups in total. The van der Waals surface area contributed by atoms with Gasteiger partial charge in [0, 0.05) is 40.1 Å². The maximum atomic E-state index is 13.8. The van der Waals surface area contributed by atoms with Crippen LogP contribution in [0.5, 0.6) is 0 Å². The summed E-state index contributed by atoms with van der Waals surface area (Å²) in [7, 11) is 0. The van der Waals surface area contributed by atoms with Gasteiger partial charge >= 0.3 is 0 Å². The van der Waals surface area contributed by atoms with E-state index in [1.165, 1.54) is 12.1 Å². The van der Waals surface area contributed by atoms with Crippen molar-refractivity contribution in [3.05, 3.63) is 65.6 Å². The number of nitrogens with one attached hydrogen (secondary N) is 3. The van der Waals surface area contributed by atoms with Gasteiger partial charge in [-0.1, -0.05) is 32.0 Å². The molecule has 4 rings (SSSR count). The first-order valence-corrected chi connectivity index (χ1v) is 11.5. The van der Waals surface area contributed by atoms with Gasteiger partial charge in [0.05, 0.1) is 6.04 Å². The van der Waals surface area contributed by atoms with E-state index in [1.807, 2.05) is 30.5 Å². The Bertz CT molecular complexity index is 1110. The summed E-state index contributed by atoms with van der Waals surface area (Å²) in [6.45, 7) is 3.60. The number of carbonyl (C=O) groups excluding carboxylic acids is 2. The lowest BCUT2D eigenvalue weighted by molar-refractivity contribution is -0.130. The van der Waals surface area contributed by atoms with Crippen molar-refractivity contribution in [1.29, 1.82) is 0 Å². The predicted octanol–water partition coefficient (Wildman–Crippen LogP) is 4.34. The Morgan fingerprint density at radius 2 is 2.00 bits per heavy atom. The third-order valence-electron chi connectivity index (χ3n) is 5.58. The van der Waals surface area contributed by atoms with E-state index in [4.69, 9.17) is 0 Å². The topological polar surface area (TPSA) is 74.0 Å². The number of hydrogen-bond acceptors (Lipinski definition) is 3. The fraction of sp³-hybridized carbons (Fsp3) is 0.333. The van der Waals surface area contributed by atoms with Gasteiger partial charge in [0.2, 0.25) is 11.8 Å². The number of H-pyrrole nitrogens is 1. The van der Waals surface area contributed by atoms with Crippen LogP contribution in [0.4, 0.5) is 4.39 Å². The lowest BCUT2D eigenvalue weighted by atomic mass is 10.0. The predicted molar refractivity (Wildman–Crippen MR) is 121 cm³/mol. The molecule has 0 saturated heterocycles. The van der Waals surface area contributed by atoms with Crippen molar-refractivity contribution < 1.29 is 14.0 Å². The first-order valence-electron chi connectivity index (χ1n) is 10.5. The molecule has 2 amide bonds. The van der Waals surface area contributed by atoms with Crippen molar-refractivity contribution in [1.82, 2.24) is 15.6 Å². The van der Waals surface area contributed by atoms with Gasteiger partial charge in [-0.15, -0.1) is 11.8 Å². The molecule has 2 heterocycles. The Labute approximate surface area is 185 Å². The van der Waals surface area contributed by atoms with Gasteiger partial charge < -0.3 is 15.6 Å². The SMILES string of the molecule is CC(C)C(=O)NC(Cc1c[nH]c2ccccc12)C(=O)NC1CCSc2ccc(F)cc21. The van der Waals surface area contributed by atoms with Crippen LogP contribution in [0.15, 0.2) is 53.6 Å². The third kappa shape index (κ3) is 4.77. The molecule has 0 fully saturated rings. The molecule has 0 radical (unpaired) electrons. The molecule has 1 aliphatic rings. The lowest BCUT2D eigenvalue weighted by Gasteiger charge is -2.28. The van der Waals surface area contributed by atoms with Gasteiger partial charge in [-0.3, -0.25) is 9.59 Å².